The Hall–Kier alpha value is -3.92. The zero-order valence-corrected chi connectivity index (χ0v) is 20.8. The number of nitrogens with one attached hydrogen (secondary N) is 2. The number of hydrogen-bond donors (Lipinski definition) is 3. The molecular weight excluding hydrogens is 503 g/mol. The maximum absolute atomic E-state index is 13.2. The molecule has 0 aromatic heterocycles. The van der Waals surface area contributed by atoms with Gasteiger partial charge in [-0.2, -0.15) is 13.2 Å². The van der Waals surface area contributed by atoms with Gasteiger partial charge in [0.25, 0.3) is 5.91 Å². The van der Waals surface area contributed by atoms with Crippen LogP contribution in [0, 0.1) is 5.92 Å². The second-order valence-corrected chi connectivity index (χ2v) is 9.44. The van der Waals surface area contributed by atoms with Crippen LogP contribution in [0.4, 0.5) is 24.5 Å². The number of carbonyl (C=O) groups is 2. The minimum absolute atomic E-state index is 0.0127. The fraction of sp³-hybridized carbons (Fsp3) is 0.222. The minimum Gasteiger partial charge on any atom is -0.480 e. The predicted octanol–water partition coefficient (Wildman–Crippen LogP) is 6.25. The van der Waals surface area contributed by atoms with Crippen LogP contribution in [0.5, 0.6) is 0 Å². The van der Waals surface area contributed by atoms with E-state index in [4.69, 9.17) is 12.2 Å². The number of rotatable bonds is 6. The highest BCUT2D eigenvalue weighted by atomic mass is 32.1. The third-order valence-corrected chi connectivity index (χ3v) is 6.32. The lowest BCUT2D eigenvalue weighted by Crippen LogP contribution is -2.44. The van der Waals surface area contributed by atoms with Crippen molar-refractivity contribution in [2.75, 3.05) is 10.6 Å². The largest absolute Gasteiger partial charge is 0.480 e. The number of amides is 1. The molecule has 1 amide bonds. The maximum Gasteiger partial charge on any atom is 0.418 e. The summed E-state index contributed by atoms with van der Waals surface area (Å²) in [7, 11) is 0. The Bertz CT molecular complexity index is 1360. The van der Waals surface area contributed by atoms with E-state index in [-0.39, 0.29) is 29.2 Å². The van der Waals surface area contributed by atoms with Crippen LogP contribution in [-0.2, 0) is 17.5 Å². The zero-order valence-electron chi connectivity index (χ0n) is 20.0. The van der Waals surface area contributed by atoms with E-state index in [9.17, 15) is 27.9 Å². The van der Waals surface area contributed by atoms with Crippen molar-refractivity contribution in [3.63, 3.8) is 0 Å². The number of carbonyl (C=O) groups excluding carboxylic acids is 1. The van der Waals surface area contributed by atoms with E-state index in [2.05, 4.69) is 10.6 Å². The molecule has 3 aromatic carbocycles. The number of alkyl halides is 3. The van der Waals surface area contributed by atoms with Crippen molar-refractivity contribution in [2.24, 2.45) is 5.92 Å². The van der Waals surface area contributed by atoms with Crippen LogP contribution in [0.15, 0.2) is 66.7 Å². The third-order valence-electron chi connectivity index (χ3n) is 6.11. The van der Waals surface area contributed by atoms with Crippen molar-refractivity contribution in [3.8, 4) is 11.1 Å². The van der Waals surface area contributed by atoms with Gasteiger partial charge in [-0.3, -0.25) is 4.79 Å². The number of halogens is 3. The van der Waals surface area contributed by atoms with Crippen molar-refractivity contribution in [1.29, 1.82) is 0 Å². The van der Waals surface area contributed by atoms with Crippen molar-refractivity contribution in [2.45, 2.75) is 32.6 Å². The standard InChI is InChI=1S/C27H24F3N3O3S/c1-15(2)23(25(35)36)33-14-18-13-17(9-12-20(18)24(33)34)16-7-10-19(11-8-16)31-26(37)32-22-6-4-3-5-21(22)27(28,29)30/h3-13,15,23H,14H2,1-2H3,(H,35,36)(H2,31,32,37)/t23-/m0/s1. The molecule has 1 heterocycles. The van der Waals surface area contributed by atoms with Gasteiger partial charge in [0.2, 0.25) is 0 Å². The van der Waals surface area contributed by atoms with Crippen molar-refractivity contribution < 1.29 is 27.9 Å². The topological polar surface area (TPSA) is 81.7 Å². The molecule has 1 atom stereocenters. The summed E-state index contributed by atoms with van der Waals surface area (Å²) in [6.45, 7) is 3.76. The van der Waals surface area contributed by atoms with Gasteiger partial charge in [0, 0.05) is 17.8 Å². The first-order valence-electron chi connectivity index (χ1n) is 11.5. The fourth-order valence-electron chi connectivity index (χ4n) is 4.40. The van der Waals surface area contributed by atoms with E-state index in [0.717, 1.165) is 22.8 Å². The Kier molecular flexibility index (Phi) is 7.22. The lowest BCUT2D eigenvalue weighted by Gasteiger charge is -2.27. The number of carboxylic acid groups (broad SMARTS) is 1. The van der Waals surface area contributed by atoms with Crippen LogP contribution in [-0.4, -0.2) is 33.0 Å². The lowest BCUT2D eigenvalue weighted by atomic mass is 10.0. The number of fused-ring (bicyclic) bond motifs is 1. The van der Waals surface area contributed by atoms with Crippen LogP contribution >= 0.6 is 12.2 Å². The van der Waals surface area contributed by atoms with Gasteiger partial charge >= 0.3 is 12.1 Å². The maximum atomic E-state index is 13.2. The highest BCUT2D eigenvalue weighted by Gasteiger charge is 2.38. The van der Waals surface area contributed by atoms with Gasteiger partial charge in [0.15, 0.2) is 5.11 Å². The molecule has 3 aromatic rings. The first kappa shape index (κ1) is 26.2. The molecule has 37 heavy (non-hydrogen) atoms. The normalized spacial score (nSPS) is 13.9. The van der Waals surface area contributed by atoms with Gasteiger partial charge in [-0.15, -0.1) is 0 Å². The Morgan fingerprint density at radius 1 is 1.00 bits per heavy atom. The number of carboxylic acids is 1. The molecule has 1 aliphatic rings. The first-order chi connectivity index (χ1) is 17.5. The van der Waals surface area contributed by atoms with Crippen LogP contribution in [0.3, 0.4) is 0 Å². The van der Waals surface area contributed by atoms with E-state index in [1.807, 2.05) is 18.2 Å². The summed E-state index contributed by atoms with van der Waals surface area (Å²) in [6.07, 6.45) is -4.51. The minimum atomic E-state index is -4.51. The molecule has 0 aliphatic carbocycles. The number of anilines is 2. The first-order valence-corrected chi connectivity index (χ1v) is 11.9. The molecule has 0 spiro atoms. The van der Waals surface area contributed by atoms with Crippen LogP contribution in [0.2, 0.25) is 0 Å². The van der Waals surface area contributed by atoms with Gasteiger partial charge in [-0.25, -0.2) is 4.79 Å². The summed E-state index contributed by atoms with van der Waals surface area (Å²) in [5.41, 5.74) is 2.55. The average Bonchev–Trinajstić information content (AvgIpc) is 3.14. The molecule has 0 unspecified atom stereocenters. The third kappa shape index (κ3) is 5.59. The SMILES string of the molecule is CC(C)[C@@H](C(=O)O)N1Cc2cc(-c3ccc(NC(=S)Nc4ccccc4C(F)(F)F)cc3)ccc2C1=O. The van der Waals surface area contributed by atoms with Gasteiger partial charge in [0.1, 0.15) is 6.04 Å². The van der Waals surface area contributed by atoms with E-state index in [0.29, 0.717) is 11.3 Å². The second kappa shape index (κ2) is 10.2. The van der Waals surface area contributed by atoms with E-state index in [1.54, 1.807) is 38.1 Å². The van der Waals surface area contributed by atoms with Crippen molar-refractivity contribution in [1.82, 2.24) is 4.90 Å². The monoisotopic (exact) mass is 527 g/mol. The number of nitrogens with zero attached hydrogens (tertiary/aromatic N) is 1. The quantitative estimate of drug-likeness (QED) is 0.329. The van der Waals surface area contributed by atoms with Crippen LogP contribution in [0.25, 0.3) is 11.1 Å². The van der Waals surface area contributed by atoms with E-state index >= 15 is 0 Å². The molecule has 3 N–H and O–H groups in total. The predicted molar refractivity (Wildman–Crippen MR) is 139 cm³/mol. The zero-order chi connectivity index (χ0) is 26.9. The molecule has 0 bridgehead atoms. The number of hydrogen-bond acceptors (Lipinski definition) is 3. The van der Waals surface area contributed by atoms with E-state index < -0.39 is 23.8 Å². The molecule has 0 saturated heterocycles. The van der Waals surface area contributed by atoms with Crippen molar-refractivity contribution >= 4 is 40.6 Å². The molecule has 1 aliphatic heterocycles. The smallest absolute Gasteiger partial charge is 0.418 e. The average molecular weight is 528 g/mol. The Labute approximate surface area is 217 Å². The second-order valence-electron chi connectivity index (χ2n) is 9.03. The Morgan fingerprint density at radius 2 is 1.65 bits per heavy atom. The molecule has 0 fully saturated rings. The van der Waals surface area contributed by atoms with Gasteiger partial charge in [-0.1, -0.05) is 44.2 Å². The molecule has 10 heteroatoms. The van der Waals surface area contributed by atoms with Crippen LogP contribution < -0.4 is 10.6 Å². The van der Waals surface area contributed by atoms with E-state index in [1.165, 1.54) is 23.1 Å². The Balaban J connectivity index is 1.47. The highest BCUT2D eigenvalue weighted by molar-refractivity contribution is 7.80. The molecular formula is C27H24F3N3O3S. The van der Waals surface area contributed by atoms with Crippen LogP contribution in [0.1, 0.15) is 35.3 Å². The number of aliphatic carboxylic acids is 1. The van der Waals surface area contributed by atoms with Gasteiger partial charge in [-0.05, 0) is 71.2 Å². The summed E-state index contributed by atoms with van der Waals surface area (Å²) in [5.74, 6) is -1.57. The van der Waals surface area contributed by atoms with Gasteiger partial charge in [0.05, 0.1) is 11.3 Å². The fourth-order valence-corrected chi connectivity index (χ4v) is 4.62. The Morgan fingerprint density at radius 3 is 2.27 bits per heavy atom. The number of thiocarbonyl (C=S) groups is 1. The molecule has 4 rings (SSSR count). The molecule has 6 nitrogen and oxygen atoms in total. The lowest BCUT2D eigenvalue weighted by molar-refractivity contribution is -0.144. The number of para-hydroxylation sites is 1. The highest BCUT2D eigenvalue weighted by Crippen LogP contribution is 2.35. The summed E-state index contributed by atoms with van der Waals surface area (Å²) in [6, 6.07) is 16.7. The molecule has 0 saturated carbocycles. The summed E-state index contributed by atoms with van der Waals surface area (Å²) < 4.78 is 39.6. The van der Waals surface area contributed by atoms with Crippen molar-refractivity contribution in [3.05, 3.63) is 83.4 Å². The summed E-state index contributed by atoms with van der Waals surface area (Å²) in [4.78, 5) is 25.9. The summed E-state index contributed by atoms with van der Waals surface area (Å²) >= 11 is 5.19. The molecule has 0 radical (unpaired) electrons. The van der Waals surface area contributed by atoms with Gasteiger partial charge < -0.3 is 20.6 Å². The summed E-state index contributed by atoms with van der Waals surface area (Å²) in [5, 5.41) is 15.1. The number of benzene rings is 3. The molecule has 192 valence electrons.